The van der Waals surface area contributed by atoms with Gasteiger partial charge < -0.3 is 0 Å². The van der Waals surface area contributed by atoms with E-state index in [2.05, 4.69) is 10.2 Å². The van der Waals surface area contributed by atoms with Crippen molar-refractivity contribution in [3.8, 4) is 0 Å². The van der Waals surface area contributed by atoms with Crippen LogP contribution >= 0.6 is 0 Å². The van der Waals surface area contributed by atoms with Gasteiger partial charge in [0.05, 0.1) is 7.05 Å². The summed E-state index contributed by atoms with van der Waals surface area (Å²) in [6, 6.07) is 0. The first-order valence-corrected chi connectivity index (χ1v) is 2.63. The molecule has 1 aromatic heterocycles. The molecule has 0 aliphatic heterocycles. The van der Waals surface area contributed by atoms with E-state index in [-0.39, 0.29) is 0 Å². The van der Waals surface area contributed by atoms with Gasteiger partial charge in [0.25, 0.3) is 0 Å². The average molecular weight is 126 g/mol. The first-order chi connectivity index (χ1) is 4.25. The van der Waals surface area contributed by atoms with Crippen molar-refractivity contribution in [2.24, 2.45) is 12.2 Å². The number of nitrogens with one attached hydrogen (secondary N) is 1. The van der Waals surface area contributed by atoms with Gasteiger partial charge in [-0.3, -0.25) is 4.98 Å². The third-order valence-electron chi connectivity index (χ3n) is 1.35. The van der Waals surface area contributed by atoms with Gasteiger partial charge in [-0.15, -0.1) is 0 Å². The van der Waals surface area contributed by atoms with Crippen LogP contribution in [0.2, 0.25) is 0 Å². The smallest absolute Gasteiger partial charge is 0.278 e. The van der Waals surface area contributed by atoms with Crippen LogP contribution in [0.5, 0.6) is 0 Å². The van der Waals surface area contributed by atoms with Gasteiger partial charge >= 0.3 is 5.82 Å². The Kier molecular flexibility index (Phi) is 1.30. The van der Waals surface area contributed by atoms with Crippen molar-refractivity contribution in [3.63, 3.8) is 0 Å². The molecule has 1 aromatic rings. The van der Waals surface area contributed by atoms with Crippen LogP contribution in [0.15, 0.2) is 11.4 Å². The minimum absolute atomic E-state index is 0.424. The van der Waals surface area contributed by atoms with Gasteiger partial charge in [0.2, 0.25) is 0 Å². The fourth-order valence-electron chi connectivity index (χ4n) is 0.622. The minimum atomic E-state index is 0.424. The summed E-state index contributed by atoms with van der Waals surface area (Å²) in [4.78, 5) is 12.8. The number of hydrogen-bond donors (Lipinski definition) is 1. The summed E-state index contributed by atoms with van der Waals surface area (Å²) in [7, 11) is 1.78. The number of hydrogen-bond acceptors (Lipinski definition) is 2. The van der Waals surface area contributed by atoms with Crippen LogP contribution in [0.25, 0.3) is 0 Å². The second kappa shape index (κ2) is 1.97. The van der Waals surface area contributed by atoms with Gasteiger partial charge in [-0.1, -0.05) is 4.91 Å². The van der Waals surface area contributed by atoms with Crippen molar-refractivity contribution < 1.29 is 4.57 Å². The summed E-state index contributed by atoms with van der Waals surface area (Å²) in [5.41, 5.74) is 0. The number of aromatic amines is 1. The molecule has 0 saturated carbocycles. The summed E-state index contributed by atoms with van der Waals surface area (Å²) in [5, 5.41) is 2.77. The second-order valence-electron chi connectivity index (χ2n) is 1.88. The maximum absolute atomic E-state index is 9.95. The Balaban J connectivity index is 3.18. The fraction of sp³-hybridized carbons (Fsp3) is 0.400. The Morgan fingerprint density at radius 1 is 1.78 bits per heavy atom. The zero-order valence-corrected chi connectivity index (χ0v) is 5.38. The zero-order chi connectivity index (χ0) is 6.85. The molecule has 0 aliphatic carbocycles. The monoisotopic (exact) mass is 126 g/mol. The third kappa shape index (κ3) is 0.826. The Morgan fingerprint density at radius 2 is 2.44 bits per heavy atom. The number of aryl methyl sites for hydroxylation is 1. The first kappa shape index (κ1) is 5.94. The van der Waals surface area contributed by atoms with Crippen molar-refractivity contribution in [2.75, 3.05) is 0 Å². The largest absolute Gasteiger partial charge is 0.342 e. The van der Waals surface area contributed by atoms with E-state index in [1.54, 1.807) is 17.8 Å². The molecule has 0 fully saturated rings. The van der Waals surface area contributed by atoms with E-state index >= 15 is 0 Å². The normalized spacial score (nSPS) is 9.56. The van der Waals surface area contributed by atoms with Gasteiger partial charge in [-0.25, -0.2) is 4.57 Å². The molecule has 0 aromatic carbocycles. The fourth-order valence-corrected chi connectivity index (χ4v) is 0.622. The number of nitrogens with zero attached hydrogens (tertiary/aromatic N) is 2. The summed E-state index contributed by atoms with van der Waals surface area (Å²) in [6.45, 7) is 1.87. The van der Waals surface area contributed by atoms with Crippen molar-refractivity contribution in [1.29, 1.82) is 0 Å². The van der Waals surface area contributed by atoms with E-state index in [1.807, 2.05) is 6.92 Å². The van der Waals surface area contributed by atoms with Gasteiger partial charge in [-0.05, 0) is 0 Å². The van der Waals surface area contributed by atoms with Crippen LogP contribution in [0, 0.1) is 11.8 Å². The van der Waals surface area contributed by atoms with Crippen molar-refractivity contribution in [2.45, 2.75) is 6.92 Å². The molecule has 4 nitrogen and oxygen atoms in total. The molecule has 48 valence electrons. The lowest BCUT2D eigenvalue weighted by atomic mass is 10.7. The topological polar surface area (TPSA) is 49.1 Å². The first-order valence-electron chi connectivity index (χ1n) is 2.63. The molecule has 1 rings (SSSR count). The molecule has 0 radical (unpaired) electrons. The molecule has 0 aliphatic rings. The van der Waals surface area contributed by atoms with E-state index in [0.717, 1.165) is 5.82 Å². The lowest BCUT2D eigenvalue weighted by molar-refractivity contribution is -0.663. The summed E-state index contributed by atoms with van der Waals surface area (Å²) in [6.07, 6.45) is 1.57. The average Bonchev–Trinajstić information content (AvgIpc) is 2.15. The zero-order valence-electron chi connectivity index (χ0n) is 5.38. The predicted octanol–water partition coefficient (Wildman–Crippen LogP) is 0.546. The molecule has 0 saturated heterocycles. The molecular weight excluding hydrogens is 118 g/mol. The Hall–Kier alpha value is -1.19. The predicted molar refractivity (Wildman–Crippen MR) is 32.2 cm³/mol. The second-order valence-corrected chi connectivity index (χ2v) is 1.88. The molecule has 1 N–H and O–H groups in total. The van der Waals surface area contributed by atoms with Crippen LogP contribution < -0.4 is 4.57 Å². The molecule has 0 amide bonds. The molecule has 0 spiro atoms. The molecular formula is C5H8N3O+. The molecule has 1 heterocycles. The summed E-state index contributed by atoms with van der Waals surface area (Å²) < 4.78 is 1.69. The summed E-state index contributed by atoms with van der Waals surface area (Å²) in [5.74, 6) is 1.34. The maximum atomic E-state index is 9.95. The Bertz CT molecular complexity index is 228. The van der Waals surface area contributed by atoms with Gasteiger partial charge in [0.1, 0.15) is 11.4 Å². The van der Waals surface area contributed by atoms with Crippen LogP contribution in [0.1, 0.15) is 5.82 Å². The van der Waals surface area contributed by atoms with Crippen molar-refractivity contribution in [1.82, 2.24) is 4.98 Å². The van der Waals surface area contributed by atoms with Crippen molar-refractivity contribution >= 4 is 5.82 Å². The molecule has 0 unspecified atom stereocenters. The lowest BCUT2D eigenvalue weighted by Crippen LogP contribution is -2.28. The molecule has 0 atom stereocenters. The standard InChI is InChI=1S/C5H7N3O/c1-4-6-3-5(7-9)8(4)2/h3H,1-2H3/p+1. The van der Waals surface area contributed by atoms with Gasteiger partial charge in [0, 0.05) is 6.92 Å². The van der Waals surface area contributed by atoms with E-state index in [4.69, 9.17) is 0 Å². The Morgan fingerprint density at radius 3 is 2.67 bits per heavy atom. The molecule has 0 bridgehead atoms. The van der Waals surface area contributed by atoms with Gasteiger partial charge in [0.15, 0.2) is 5.82 Å². The maximum Gasteiger partial charge on any atom is 0.342 e. The highest BCUT2D eigenvalue weighted by atomic mass is 16.3. The SMILES string of the molecule is Cc1[nH]cc(N=O)[n+]1C. The van der Waals surface area contributed by atoms with Crippen LogP contribution in [-0.2, 0) is 7.05 Å². The minimum Gasteiger partial charge on any atom is -0.278 e. The van der Waals surface area contributed by atoms with Crippen LogP contribution in [0.4, 0.5) is 5.82 Å². The van der Waals surface area contributed by atoms with Crippen molar-refractivity contribution in [3.05, 3.63) is 16.9 Å². The number of aromatic nitrogens is 2. The highest BCUT2D eigenvalue weighted by Gasteiger charge is 2.08. The van der Waals surface area contributed by atoms with Crippen LogP contribution in [0.3, 0.4) is 0 Å². The molecule has 9 heavy (non-hydrogen) atoms. The highest BCUT2D eigenvalue weighted by Crippen LogP contribution is 2.00. The van der Waals surface area contributed by atoms with E-state index < -0.39 is 0 Å². The lowest BCUT2D eigenvalue weighted by Gasteiger charge is -1.83. The number of nitroso groups, excluding NO2 is 1. The highest BCUT2D eigenvalue weighted by molar-refractivity contribution is 5.13. The summed E-state index contributed by atoms with van der Waals surface area (Å²) >= 11 is 0. The van der Waals surface area contributed by atoms with Crippen LogP contribution in [-0.4, -0.2) is 4.98 Å². The Labute approximate surface area is 52.5 Å². The van der Waals surface area contributed by atoms with Gasteiger partial charge in [-0.2, -0.15) is 0 Å². The van der Waals surface area contributed by atoms with E-state index in [1.165, 1.54) is 0 Å². The number of rotatable bonds is 1. The molecule has 4 heteroatoms. The van der Waals surface area contributed by atoms with E-state index in [9.17, 15) is 4.91 Å². The quantitative estimate of drug-likeness (QED) is 0.433. The number of H-pyrrole nitrogens is 1. The van der Waals surface area contributed by atoms with E-state index in [0.29, 0.717) is 5.82 Å². The third-order valence-corrected chi connectivity index (χ3v) is 1.35. The number of imidazole rings is 1.